The van der Waals surface area contributed by atoms with Crippen LogP contribution in [0.5, 0.6) is 0 Å². The van der Waals surface area contributed by atoms with Gasteiger partial charge in [-0.3, -0.25) is 4.79 Å². The van der Waals surface area contributed by atoms with Crippen molar-refractivity contribution in [2.45, 2.75) is 13.3 Å². The molecule has 0 bridgehead atoms. The minimum atomic E-state index is -0.0502. The third-order valence-corrected chi connectivity index (χ3v) is 2.00. The maximum atomic E-state index is 11.3. The lowest BCUT2D eigenvalue weighted by Crippen LogP contribution is -2.21. The summed E-state index contributed by atoms with van der Waals surface area (Å²) in [5.41, 5.74) is 0. The molecule has 0 unspecified atom stereocenters. The summed E-state index contributed by atoms with van der Waals surface area (Å²) in [4.78, 5) is 15.3. The number of hydrogen-bond acceptors (Lipinski definition) is 3. The summed E-state index contributed by atoms with van der Waals surface area (Å²) in [6, 6.07) is 3.36. The molecule has 0 radical (unpaired) electrons. The van der Waals surface area contributed by atoms with Gasteiger partial charge in [-0.05, 0) is 18.7 Å². The Hall–Kier alpha value is -1.13. The Bertz CT molecular complexity index is 313. The molecule has 5 heteroatoms. The number of carbonyl (C=O) groups is 1. The first-order valence-corrected chi connectivity index (χ1v) is 5.22. The first kappa shape index (κ1) is 11.9. The Kier molecular flexibility index (Phi) is 5.07. The molecule has 0 saturated carbocycles. The van der Waals surface area contributed by atoms with Gasteiger partial charge in [-0.1, -0.05) is 18.5 Å². The molecule has 1 rings (SSSR count). The van der Waals surface area contributed by atoms with Crippen LogP contribution in [0.25, 0.3) is 0 Å². The first-order valence-electron chi connectivity index (χ1n) is 4.84. The van der Waals surface area contributed by atoms with Crippen LogP contribution in [0.4, 0.5) is 5.82 Å². The minimum absolute atomic E-state index is 0.0502. The van der Waals surface area contributed by atoms with Crippen molar-refractivity contribution in [3.8, 4) is 0 Å². The van der Waals surface area contributed by atoms with Crippen molar-refractivity contribution in [3.63, 3.8) is 0 Å². The molecule has 0 aliphatic heterocycles. The lowest BCUT2D eigenvalue weighted by molar-refractivity contribution is -0.116. The largest absolute Gasteiger partial charge is 0.316 e. The molecule has 15 heavy (non-hydrogen) atoms. The van der Waals surface area contributed by atoms with Crippen molar-refractivity contribution in [2.24, 2.45) is 0 Å². The van der Waals surface area contributed by atoms with Crippen LogP contribution < -0.4 is 10.6 Å². The van der Waals surface area contributed by atoms with E-state index < -0.39 is 0 Å². The molecular formula is C10H14ClN3O. The second-order valence-corrected chi connectivity index (χ2v) is 3.45. The fourth-order valence-electron chi connectivity index (χ4n) is 1.03. The van der Waals surface area contributed by atoms with E-state index in [1.54, 1.807) is 12.1 Å². The number of halogens is 1. The van der Waals surface area contributed by atoms with E-state index in [2.05, 4.69) is 15.6 Å². The summed E-state index contributed by atoms with van der Waals surface area (Å²) in [7, 11) is 0. The van der Waals surface area contributed by atoms with Crippen LogP contribution in [0.2, 0.25) is 5.02 Å². The zero-order valence-corrected chi connectivity index (χ0v) is 9.34. The Labute approximate surface area is 94.0 Å². The van der Waals surface area contributed by atoms with Gasteiger partial charge in [0.1, 0.15) is 5.82 Å². The Morgan fingerprint density at radius 3 is 2.93 bits per heavy atom. The van der Waals surface area contributed by atoms with Gasteiger partial charge in [0.05, 0.1) is 5.02 Å². The van der Waals surface area contributed by atoms with Gasteiger partial charge in [0.15, 0.2) is 0 Å². The molecule has 0 aliphatic carbocycles. The zero-order valence-electron chi connectivity index (χ0n) is 8.59. The molecule has 4 nitrogen and oxygen atoms in total. The van der Waals surface area contributed by atoms with Crippen molar-refractivity contribution in [1.82, 2.24) is 10.3 Å². The van der Waals surface area contributed by atoms with E-state index in [9.17, 15) is 4.79 Å². The van der Waals surface area contributed by atoms with E-state index in [4.69, 9.17) is 11.6 Å². The summed E-state index contributed by atoms with van der Waals surface area (Å²) in [5, 5.41) is 6.31. The molecule has 1 heterocycles. The fraction of sp³-hybridized carbons (Fsp3) is 0.400. The van der Waals surface area contributed by atoms with Crippen molar-refractivity contribution >= 4 is 23.3 Å². The highest BCUT2D eigenvalue weighted by molar-refractivity contribution is 6.30. The lowest BCUT2D eigenvalue weighted by atomic mass is 10.4. The number of nitrogens with zero attached hydrogens (tertiary/aromatic N) is 1. The van der Waals surface area contributed by atoms with Crippen molar-refractivity contribution < 1.29 is 4.79 Å². The van der Waals surface area contributed by atoms with Gasteiger partial charge < -0.3 is 10.6 Å². The number of nitrogens with one attached hydrogen (secondary N) is 2. The number of pyridine rings is 1. The molecule has 2 N–H and O–H groups in total. The number of rotatable bonds is 5. The van der Waals surface area contributed by atoms with E-state index in [1.165, 1.54) is 6.20 Å². The van der Waals surface area contributed by atoms with Gasteiger partial charge in [-0.2, -0.15) is 0 Å². The average Bonchev–Trinajstić information content (AvgIpc) is 2.22. The smallest absolute Gasteiger partial charge is 0.226 e. The first-order chi connectivity index (χ1) is 7.22. The van der Waals surface area contributed by atoms with Crippen LogP contribution in [0, 0.1) is 0 Å². The van der Waals surface area contributed by atoms with E-state index in [0.717, 1.165) is 6.54 Å². The molecule has 1 aromatic rings. The molecular weight excluding hydrogens is 214 g/mol. The standard InChI is InChI=1S/C10H14ClN3O/c1-2-12-6-5-10(15)14-9-4-3-8(11)7-13-9/h3-4,7,12H,2,5-6H2,1H3,(H,13,14,15). The second kappa shape index (κ2) is 6.37. The minimum Gasteiger partial charge on any atom is -0.316 e. The maximum Gasteiger partial charge on any atom is 0.226 e. The van der Waals surface area contributed by atoms with Crippen LogP contribution in [0.3, 0.4) is 0 Å². The third-order valence-electron chi connectivity index (χ3n) is 1.77. The predicted molar refractivity (Wildman–Crippen MR) is 61.0 cm³/mol. The average molecular weight is 228 g/mol. The van der Waals surface area contributed by atoms with Gasteiger partial charge in [-0.25, -0.2) is 4.98 Å². The van der Waals surface area contributed by atoms with E-state index >= 15 is 0 Å². The molecule has 1 aromatic heterocycles. The fourth-order valence-corrected chi connectivity index (χ4v) is 1.15. The molecule has 0 aliphatic rings. The Balaban J connectivity index is 2.34. The molecule has 0 aromatic carbocycles. The summed E-state index contributed by atoms with van der Waals surface area (Å²) in [6.45, 7) is 3.54. The molecule has 1 amide bonds. The van der Waals surface area contributed by atoms with Gasteiger partial charge in [0.25, 0.3) is 0 Å². The van der Waals surface area contributed by atoms with Crippen LogP contribution >= 0.6 is 11.6 Å². The van der Waals surface area contributed by atoms with Crippen molar-refractivity contribution in [3.05, 3.63) is 23.4 Å². The van der Waals surface area contributed by atoms with Crippen LogP contribution in [0.1, 0.15) is 13.3 Å². The quantitative estimate of drug-likeness (QED) is 0.753. The molecule has 0 spiro atoms. The molecule has 0 saturated heterocycles. The van der Waals surface area contributed by atoms with E-state index in [1.807, 2.05) is 6.92 Å². The lowest BCUT2D eigenvalue weighted by Gasteiger charge is -2.04. The topological polar surface area (TPSA) is 54.0 Å². The maximum absolute atomic E-state index is 11.3. The van der Waals surface area contributed by atoms with Gasteiger partial charge in [-0.15, -0.1) is 0 Å². The Morgan fingerprint density at radius 2 is 2.33 bits per heavy atom. The van der Waals surface area contributed by atoms with Crippen molar-refractivity contribution in [1.29, 1.82) is 0 Å². The number of carbonyl (C=O) groups excluding carboxylic acids is 1. The molecule has 82 valence electrons. The second-order valence-electron chi connectivity index (χ2n) is 3.01. The highest BCUT2D eigenvalue weighted by atomic mass is 35.5. The third kappa shape index (κ3) is 4.76. The zero-order chi connectivity index (χ0) is 11.1. The normalized spacial score (nSPS) is 10.0. The highest BCUT2D eigenvalue weighted by Crippen LogP contribution is 2.09. The predicted octanol–water partition coefficient (Wildman–Crippen LogP) is 1.67. The van der Waals surface area contributed by atoms with Gasteiger partial charge in [0, 0.05) is 19.2 Å². The number of hydrogen-bond donors (Lipinski definition) is 2. The monoisotopic (exact) mass is 227 g/mol. The summed E-state index contributed by atoms with van der Waals surface area (Å²) in [6.07, 6.45) is 1.94. The highest BCUT2D eigenvalue weighted by Gasteiger charge is 2.01. The van der Waals surface area contributed by atoms with Crippen LogP contribution in [-0.4, -0.2) is 24.0 Å². The number of anilines is 1. The van der Waals surface area contributed by atoms with Crippen molar-refractivity contribution in [2.75, 3.05) is 18.4 Å². The van der Waals surface area contributed by atoms with Gasteiger partial charge in [0.2, 0.25) is 5.91 Å². The number of aromatic nitrogens is 1. The summed E-state index contributed by atoms with van der Waals surface area (Å²) < 4.78 is 0. The SMILES string of the molecule is CCNCCC(=O)Nc1ccc(Cl)cn1. The molecule has 0 fully saturated rings. The number of amides is 1. The van der Waals surface area contributed by atoms with Crippen LogP contribution in [-0.2, 0) is 4.79 Å². The summed E-state index contributed by atoms with van der Waals surface area (Å²) >= 11 is 5.67. The van der Waals surface area contributed by atoms with Crippen LogP contribution in [0.15, 0.2) is 18.3 Å². The molecule has 0 atom stereocenters. The Morgan fingerprint density at radius 1 is 1.53 bits per heavy atom. The van der Waals surface area contributed by atoms with Gasteiger partial charge >= 0.3 is 0 Å². The van der Waals surface area contributed by atoms with E-state index in [0.29, 0.717) is 23.8 Å². The summed E-state index contributed by atoms with van der Waals surface area (Å²) in [5.74, 6) is 0.478. The van der Waals surface area contributed by atoms with E-state index in [-0.39, 0.29) is 5.91 Å².